The van der Waals surface area contributed by atoms with Gasteiger partial charge >= 0.3 is 0 Å². The fourth-order valence-electron chi connectivity index (χ4n) is 2.58. The smallest absolute Gasteiger partial charge is 0.253 e. The van der Waals surface area contributed by atoms with E-state index in [-0.39, 0.29) is 36.3 Å². The molecule has 1 heterocycles. The molecule has 5 nitrogen and oxygen atoms in total. The van der Waals surface area contributed by atoms with Gasteiger partial charge in [-0.3, -0.25) is 9.78 Å². The minimum Gasteiger partial charge on any atom is -0.497 e. The second kappa shape index (κ2) is 11.0. The van der Waals surface area contributed by atoms with Gasteiger partial charge in [-0.25, -0.2) is 0 Å². The summed E-state index contributed by atoms with van der Waals surface area (Å²) in [7, 11) is 1.63. The summed E-state index contributed by atoms with van der Waals surface area (Å²) in [6.45, 7) is 4.47. The van der Waals surface area contributed by atoms with Crippen LogP contribution in [0.5, 0.6) is 5.75 Å². The highest BCUT2D eigenvalue weighted by Gasteiger charge is 2.26. The van der Waals surface area contributed by atoms with E-state index in [0.717, 1.165) is 29.7 Å². The van der Waals surface area contributed by atoms with Crippen molar-refractivity contribution in [3.63, 3.8) is 0 Å². The predicted molar refractivity (Wildman–Crippen MR) is 111 cm³/mol. The van der Waals surface area contributed by atoms with E-state index < -0.39 is 0 Å². The third-order valence-corrected chi connectivity index (χ3v) is 4.55. The molecule has 0 aliphatic carbocycles. The molecule has 0 fully saturated rings. The molecule has 0 saturated heterocycles. The summed E-state index contributed by atoms with van der Waals surface area (Å²) < 4.78 is 5.17. The average molecular weight is 400 g/mol. The monoisotopic (exact) mass is 399 g/mol. The van der Waals surface area contributed by atoms with Crippen molar-refractivity contribution in [1.29, 1.82) is 0 Å². The molecule has 1 aromatic heterocycles. The molecule has 0 unspecified atom stereocenters. The third kappa shape index (κ3) is 5.59. The fraction of sp³-hybridized carbons (Fsp3) is 0.368. The van der Waals surface area contributed by atoms with E-state index in [1.165, 1.54) is 0 Å². The Morgan fingerprint density at radius 3 is 2.23 bits per heavy atom. The zero-order valence-electron chi connectivity index (χ0n) is 15.3. The lowest BCUT2D eigenvalue weighted by molar-refractivity contribution is 0.0895. The molecule has 0 spiro atoms. The van der Waals surface area contributed by atoms with Gasteiger partial charge in [0.1, 0.15) is 5.75 Å². The largest absolute Gasteiger partial charge is 0.497 e. The number of nitrogens with zero attached hydrogens (tertiary/aromatic N) is 1. The van der Waals surface area contributed by atoms with Crippen molar-refractivity contribution >= 4 is 30.7 Å². The van der Waals surface area contributed by atoms with Gasteiger partial charge in [0, 0.05) is 24.5 Å². The molecule has 1 amide bonds. The molecule has 26 heavy (non-hydrogen) atoms. The predicted octanol–water partition coefficient (Wildman–Crippen LogP) is 3.85. The van der Waals surface area contributed by atoms with Crippen LogP contribution in [0.4, 0.5) is 0 Å². The normalized spacial score (nSPS) is 10.3. The van der Waals surface area contributed by atoms with Crippen LogP contribution in [0.15, 0.2) is 42.7 Å². The van der Waals surface area contributed by atoms with E-state index in [1.807, 2.05) is 44.2 Å². The van der Waals surface area contributed by atoms with Gasteiger partial charge in [-0.2, -0.15) is 0 Å². The van der Waals surface area contributed by atoms with Gasteiger partial charge in [0.25, 0.3) is 5.91 Å². The Kier molecular flexibility index (Phi) is 10.2. The quantitative estimate of drug-likeness (QED) is 0.740. The van der Waals surface area contributed by atoms with Gasteiger partial charge < -0.3 is 15.8 Å². The van der Waals surface area contributed by atoms with Crippen LogP contribution in [0.25, 0.3) is 11.1 Å². The number of hydrogen-bond donors (Lipinski definition) is 2. The van der Waals surface area contributed by atoms with Gasteiger partial charge in [-0.1, -0.05) is 26.0 Å². The standard InChI is InChI=1S/C19H25N3O2.2ClH/c1-4-19(5-2,13-20)22-18(23)16-10-15(11-21-12-16)14-6-8-17(24-3)9-7-14;;/h6-12H,4-5,13,20H2,1-3H3,(H,22,23);2*1H. The number of ether oxygens (including phenoxy) is 1. The Hall–Kier alpha value is -1.82. The van der Waals surface area contributed by atoms with E-state index in [1.54, 1.807) is 19.5 Å². The number of carbonyl (C=O) groups is 1. The molecule has 0 aliphatic rings. The summed E-state index contributed by atoms with van der Waals surface area (Å²) in [6, 6.07) is 9.50. The molecule has 1 aromatic carbocycles. The zero-order chi connectivity index (χ0) is 17.6. The van der Waals surface area contributed by atoms with Crippen LogP contribution < -0.4 is 15.8 Å². The number of carbonyl (C=O) groups excluding carboxylic acids is 1. The lowest BCUT2D eigenvalue weighted by Crippen LogP contribution is -2.52. The number of rotatable bonds is 7. The summed E-state index contributed by atoms with van der Waals surface area (Å²) in [4.78, 5) is 16.8. The molecule has 0 saturated carbocycles. The second-order valence-electron chi connectivity index (χ2n) is 5.84. The van der Waals surface area contributed by atoms with Gasteiger partial charge in [-0.05, 0) is 36.6 Å². The van der Waals surface area contributed by atoms with Crippen molar-refractivity contribution in [3.05, 3.63) is 48.3 Å². The van der Waals surface area contributed by atoms with Crippen molar-refractivity contribution < 1.29 is 9.53 Å². The minimum absolute atomic E-state index is 0. The van der Waals surface area contributed by atoms with Crippen molar-refractivity contribution in [2.24, 2.45) is 5.73 Å². The number of methoxy groups -OCH3 is 1. The summed E-state index contributed by atoms with van der Waals surface area (Å²) in [5.74, 6) is 0.645. The number of aromatic nitrogens is 1. The molecule has 7 heteroatoms. The molecule has 0 bridgehead atoms. The Balaban J connectivity index is 0.00000312. The van der Waals surface area contributed by atoms with Crippen LogP contribution in [0.1, 0.15) is 37.0 Å². The Morgan fingerprint density at radius 2 is 1.73 bits per heavy atom. The maximum Gasteiger partial charge on any atom is 0.253 e. The number of halogens is 2. The maximum absolute atomic E-state index is 12.6. The second-order valence-corrected chi connectivity index (χ2v) is 5.84. The number of pyridine rings is 1. The summed E-state index contributed by atoms with van der Waals surface area (Å²) in [5, 5.41) is 3.07. The van der Waals surface area contributed by atoms with Crippen LogP contribution in [0.3, 0.4) is 0 Å². The first kappa shape index (κ1) is 24.2. The molecule has 0 aliphatic heterocycles. The molecule has 0 radical (unpaired) electrons. The number of nitrogens with one attached hydrogen (secondary N) is 1. The molecule has 2 aromatic rings. The Bertz CT molecular complexity index is 681. The molecule has 3 N–H and O–H groups in total. The molecule has 2 rings (SSSR count). The summed E-state index contributed by atoms with van der Waals surface area (Å²) in [5.41, 5.74) is 7.89. The first-order valence-corrected chi connectivity index (χ1v) is 8.19. The van der Waals surface area contributed by atoms with Crippen molar-refractivity contribution in [2.75, 3.05) is 13.7 Å². The van der Waals surface area contributed by atoms with Crippen molar-refractivity contribution in [1.82, 2.24) is 10.3 Å². The zero-order valence-corrected chi connectivity index (χ0v) is 17.0. The Labute approximate surface area is 167 Å². The van der Waals surface area contributed by atoms with Crippen LogP contribution in [-0.2, 0) is 0 Å². The van der Waals surface area contributed by atoms with Crippen LogP contribution in [-0.4, -0.2) is 30.1 Å². The number of amides is 1. The number of hydrogen-bond acceptors (Lipinski definition) is 4. The van der Waals surface area contributed by atoms with Crippen LogP contribution in [0, 0.1) is 0 Å². The minimum atomic E-state index is -0.368. The Morgan fingerprint density at radius 1 is 1.12 bits per heavy atom. The third-order valence-electron chi connectivity index (χ3n) is 4.55. The first-order valence-electron chi connectivity index (χ1n) is 8.19. The number of nitrogens with two attached hydrogens (primary N) is 1. The first-order chi connectivity index (χ1) is 11.6. The van der Waals surface area contributed by atoms with Crippen LogP contribution >= 0.6 is 24.8 Å². The van der Waals surface area contributed by atoms with Crippen molar-refractivity contribution in [3.8, 4) is 16.9 Å². The maximum atomic E-state index is 12.6. The highest BCUT2D eigenvalue weighted by Crippen LogP contribution is 2.23. The van der Waals surface area contributed by atoms with E-state index in [2.05, 4.69) is 10.3 Å². The topological polar surface area (TPSA) is 77.2 Å². The lowest BCUT2D eigenvalue weighted by Gasteiger charge is -2.31. The molecular weight excluding hydrogens is 373 g/mol. The van der Waals surface area contributed by atoms with Crippen molar-refractivity contribution in [2.45, 2.75) is 32.2 Å². The van der Waals surface area contributed by atoms with Gasteiger partial charge in [0.05, 0.1) is 18.2 Å². The molecule has 0 atom stereocenters. The SMILES string of the molecule is CCC(CC)(CN)NC(=O)c1cncc(-c2ccc(OC)cc2)c1.Cl.Cl. The van der Waals surface area contributed by atoms with E-state index in [0.29, 0.717) is 12.1 Å². The highest BCUT2D eigenvalue weighted by atomic mass is 35.5. The number of benzene rings is 1. The van der Waals surface area contributed by atoms with Gasteiger partial charge in [0.15, 0.2) is 0 Å². The molecular formula is C19H27Cl2N3O2. The lowest BCUT2D eigenvalue weighted by atomic mass is 9.92. The van der Waals surface area contributed by atoms with Gasteiger partial charge in [0.2, 0.25) is 0 Å². The summed E-state index contributed by atoms with van der Waals surface area (Å²) in [6.07, 6.45) is 4.90. The average Bonchev–Trinajstić information content (AvgIpc) is 2.66. The van der Waals surface area contributed by atoms with E-state index >= 15 is 0 Å². The van der Waals surface area contributed by atoms with E-state index in [4.69, 9.17) is 10.5 Å². The van der Waals surface area contributed by atoms with Crippen LogP contribution in [0.2, 0.25) is 0 Å². The fourth-order valence-corrected chi connectivity index (χ4v) is 2.58. The molecule has 144 valence electrons. The highest BCUT2D eigenvalue weighted by molar-refractivity contribution is 5.95. The summed E-state index contributed by atoms with van der Waals surface area (Å²) >= 11 is 0. The van der Waals surface area contributed by atoms with Gasteiger partial charge in [-0.15, -0.1) is 24.8 Å². The van der Waals surface area contributed by atoms with E-state index in [9.17, 15) is 4.79 Å².